The van der Waals surface area contributed by atoms with Crippen molar-refractivity contribution in [3.8, 4) is 0 Å². The normalized spacial score (nSPS) is 10.9. The average Bonchev–Trinajstić information content (AvgIpc) is 3.57. The zero-order valence-electron chi connectivity index (χ0n) is 21.0. The predicted molar refractivity (Wildman–Crippen MR) is 131 cm³/mol. The fraction of sp³-hybridized carbons (Fsp3) is 0.500. The van der Waals surface area contributed by atoms with Crippen molar-refractivity contribution in [2.75, 3.05) is 13.2 Å². The van der Waals surface area contributed by atoms with Crippen LogP contribution in [0.4, 0.5) is 0 Å². The van der Waals surface area contributed by atoms with E-state index in [1.807, 2.05) is 69.0 Å². The van der Waals surface area contributed by atoms with Crippen molar-refractivity contribution in [2.45, 2.75) is 52.4 Å². The van der Waals surface area contributed by atoms with Gasteiger partial charge in [-0.1, -0.05) is 48.4 Å². The van der Waals surface area contributed by atoms with Gasteiger partial charge in [0.1, 0.15) is 12.4 Å². The summed E-state index contributed by atoms with van der Waals surface area (Å²) in [5.41, 5.74) is 3.05. The first-order valence-corrected chi connectivity index (χ1v) is 13.4. The molecule has 12 heteroatoms. The van der Waals surface area contributed by atoms with E-state index in [0.717, 1.165) is 59.8 Å². The SMILES string of the molecule is Cc1c(C(=O)OCCCCCCCCOC(=O)c2c(C)n(C)c3scc[n+]23)[n+]2ccsc2n1C.[I-].[I-]. The van der Waals surface area contributed by atoms with Crippen molar-refractivity contribution in [1.29, 1.82) is 0 Å². The summed E-state index contributed by atoms with van der Waals surface area (Å²) in [6, 6.07) is 0. The molecule has 0 saturated carbocycles. The molecule has 0 atom stereocenters. The van der Waals surface area contributed by atoms with Crippen molar-refractivity contribution in [2.24, 2.45) is 14.1 Å². The van der Waals surface area contributed by atoms with Crippen LogP contribution < -0.4 is 56.8 Å². The maximum atomic E-state index is 12.5. The highest BCUT2D eigenvalue weighted by Crippen LogP contribution is 2.16. The standard InChI is InChI=1S/C24H32N4O4S2.2HI/c1-17-19(27-11-15-33-23(27)25(17)3)21(29)31-13-9-7-5-6-8-10-14-32-22(30)20-18(2)26(4)24-28(20)12-16-34-24;;/h11-12,15-16H,5-10,13-14H2,1-4H3;2*1H/q+2;;/p-2. The number of fused-ring (bicyclic) bond motifs is 2. The minimum atomic E-state index is -0.264. The quantitative estimate of drug-likeness (QED) is 0.0766. The van der Waals surface area contributed by atoms with E-state index in [4.69, 9.17) is 9.47 Å². The molecule has 0 radical (unpaired) electrons. The second kappa shape index (κ2) is 14.0. The van der Waals surface area contributed by atoms with Gasteiger partial charge in [-0.05, 0) is 12.8 Å². The topological polar surface area (TPSA) is 70.7 Å². The lowest BCUT2D eigenvalue weighted by atomic mass is 10.1. The zero-order chi connectivity index (χ0) is 24.2. The van der Waals surface area contributed by atoms with Crippen molar-refractivity contribution in [3.05, 3.63) is 45.9 Å². The van der Waals surface area contributed by atoms with Crippen LogP contribution in [0.15, 0.2) is 23.2 Å². The molecule has 4 aromatic rings. The lowest BCUT2D eigenvalue weighted by Crippen LogP contribution is -3.00. The lowest BCUT2D eigenvalue weighted by molar-refractivity contribution is -0.510. The van der Waals surface area contributed by atoms with Gasteiger partial charge in [0.15, 0.2) is 11.4 Å². The third-order valence-electron chi connectivity index (χ3n) is 6.32. The van der Waals surface area contributed by atoms with Crippen LogP contribution >= 0.6 is 22.7 Å². The van der Waals surface area contributed by atoms with Gasteiger partial charge in [0.2, 0.25) is 0 Å². The Morgan fingerprint density at radius 1 is 0.722 bits per heavy atom. The molecular formula is C24H32I2N4O4S2. The number of aryl methyl sites for hydroxylation is 2. The molecule has 36 heavy (non-hydrogen) atoms. The van der Waals surface area contributed by atoms with Crippen LogP contribution in [0.1, 0.15) is 70.9 Å². The molecule has 4 aromatic heterocycles. The fourth-order valence-electron chi connectivity index (χ4n) is 4.19. The van der Waals surface area contributed by atoms with Gasteiger partial charge in [-0.3, -0.25) is 0 Å². The molecule has 0 bridgehead atoms. The fourth-order valence-corrected chi connectivity index (χ4v) is 5.92. The number of hydrogen-bond donors (Lipinski definition) is 0. The Labute approximate surface area is 253 Å². The molecule has 4 heterocycles. The lowest BCUT2D eigenvalue weighted by Gasteiger charge is -2.05. The van der Waals surface area contributed by atoms with Gasteiger partial charge in [0.05, 0.1) is 27.3 Å². The van der Waals surface area contributed by atoms with Crippen LogP contribution in [0.5, 0.6) is 0 Å². The van der Waals surface area contributed by atoms with E-state index < -0.39 is 0 Å². The monoisotopic (exact) mass is 758 g/mol. The summed E-state index contributed by atoms with van der Waals surface area (Å²) in [6.45, 7) is 4.75. The number of thiazole rings is 2. The second-order valence-corrected chi connectivity index (χ2v) is 10.2. The summed E-state index contributed by atoms with van der Waals surface area (Å²) in [5, 5.41) is 3.94. The smallest absolute Gasteiger partial charge is 0.383 e. The van der Waals surface area contributed by atoms with E-state index in [1.54, 1.807) is 22.7 Å². The van der Waals surface area contributed by atoms with E-state index in [1.165, 1.54) is 0 Å². The molecule has 0 aromatic carbocycles. The number of hydrogen-bond acceptors (Lipinski definition) is 6. The molecule has 0 aliphatic heterocycles. The molecule has 0 unspecified atom stereocenters. The van der Waals surface area contributed by atoms with Crippen molar-refractivity contribution >= 4 is 44.5 Å². The van der Waals surface area contributed by atoms with E-state index >= 15 is 0 Å². The number of rotatable bonds is 11. The Balaban J connectivity index is 0.00000228. The van der Waals surface area contributed by atoms with Crippen LogP contribution in [-0.4, -0.2) is 34.3 Å². The minimum absolute atomic E-state index is 0. The number of imidazole rings is 2. The van der Waals surface area contributed by atoms with Gasteiger partial charge < -0.3 is 57.4 Å². The third kappa shape index (κ3) is 6.41. The van der Waals surface area contributed by atoms with Gasteiger partial charge in [0, 0.05) is 24.6 Å². The second-order valence-electron chi connectivity index (χ2n) is 8.49. The number of carbonyl (C=O) groups excluding carboxylic acids is 2. The van der Waals surface area contributed by atoms with Gasteiger partial charge in [-0.25, -0.2) is 18.7 Å². The number of carbonyl (C=O) groups is 2. The highest BCUT2D eigenvalue weighted by molar-refractivity contribution is 7.14. The summed E-state index contributed by atoms with van der Waals surface area (Å²) in [4.78, 5) is 27.1. The number of unbranched alkanes of at least 4 members (excludes halogenated alkanes) is 5. The Hall–Kier alpha value is -1.26. The van der Waals surface area contributed by atoms with Crippen molar-refractivity contribution in [1.82, 2.24) is 9.13 Å². The number of esters is 2. The Bertz CT molecular complexity index is 1220. The summed E-state index contributed by atoms with van der Waals surface area (Å²) in [5.74, 6) is -0.528. The van der Waals surface area contributed by atoms with Gasteiger partial charge in [-0.2, -0.15) is 8.80 Å². The molecular weight excluding hydrogens is 726 g/mol. The first-order chi connectivity index (χ1) is 16.4. The minimum Gasteiger partial charge on any atom is -1.00 e. The summed E-state index contributed by atoms with van der Waals surface area (Å²) in [6.07, 6.45) is 9.68. The number of aromatic nitrogens is 4. The molecule has 198 valence electrons. The Morgan fingerprint density at radius 2 is 1.08 bits per heavy atom. The van der Waals surface area contributed by atoms with Gasteiger partial charge in [0.25, 0.3) is 11.4 Å². The molecule has 0 fully saturated rings. The summed E-state index contributed by atoms with van der Waals surface area (Å²) in [7, 11) is 3.92. The third-order valence-corrected chi connectivity index (χ3v) is 8.20. The van der Waals surface area contributed by atoms with Crippen LogP contribution in [0.2, 0.25) is 0 Å². The van der Waals surface area contributed by atoms with Crippen LogP contribution in [0.3, 0.4) is 0 Å². The molecule has 8 nitrogen and oxygen atoms in total. The number of ether oxygens (including phenoxy) is 2. The van der Waals surface area contributed by atoms with E-state index in [2.05, 4.69) is 0 Å². The Kier molecular flexibility index (Phi) is 12.1. The van der Waals surface area contributed by atoms with Crippen LogP contribution in [0, 0.1) is 13.8 Å². The molecule has 0 aliphatic carbocycles. The molecule has 0 N–H and O–H groups in total. The van der Waals surface area contributed by atoms with Crippen LogP contribution in [0.25, 0.3) is 9.92 Å². The molecule has 4 rings (SSSR count). The molecule has 0 spiro atoms. The molecule has 0 aliphatic rings. The highest BCUT2D eigenvalue weighted by atomic mass is 127. The van der Waals surface area contributed by atoms with E-state index in [0.29, 0.717) is 24.6 Å². The summed E-state index contributed by atoms with van der Waals surface area (Å²) >= 11 is 3.20. The molecule has 0 saturated heterocycles. The Morgan fingerprint density at radius 3 is 1.47 bits per heavy atom. The largest absolute Gasteiger partial charge is 1.00 e. The maximum absolute atomic E-state index is 12.5. The highest BCUT2D eigenvalue weighted by Gasteiger charge is 2.29. The van der Waals surface area contributed by atoms with E-state index in [-0.39, 0.29) is 59.9 Å². The van der Waals surface area contributed by atoms with Crippen LogP contribution in [-0.2, 0) is 23.6 Å². The predicted octanol–water partition coefficient (Wildman–Crippen LogP) is -2.06. The number of nitrogens with zero attached hydrogens (tertiary/aromatic N) is 4. The summed E-state index contributed by atoms with van der Waals surface area (Å²) < 4.78 is 18.9. The number of halogens is 2. The first-order valence-electron chi connectivity index (χ1n) is 11.6. The van der Waals surface area contributed by atoms with Gasteiger partial charge >= 0.3 is 21.9 Å². The van der Waals surface area contributed by atoms with E-state index in [9.17, 15) is 9.59 Å². The van der Waals surface area contributed by atoms with Gasteiger partial charge in [-0.15, -0.1) is 0 Å². The molecule has 0 amide bonds. The maximum Gasteiger partial charge on any atom is 0.383 e. The van der Waals surface area contributed by atoms with Crippen molar-refractivity contribution < 1.29 is 75.8 Å². The first kappa shape index (κ1) is 31.0. The average molecular weight is 758 g/mol. The zero-order valence-corrected chi connectivity index (χ0v) is 26.9. The van der Waals surface area contributed by atoms with Crippen molar-refractivity contribution in [3.63, 3.8) is 0 Å².